The zero-order chi connectivity index (χ0) is 21.5. The summed E-state index contributed by atoms with van der Waals surface area (Å²) in [6, 6.07) is 0. The van der Waals surface area contributed by atoms with Crippen LogP contribution in [-0.4, -0.2) is 108 Å². The van der Waals surface area contributed by atoms with Gasteiger partial charge in [-0.3, -0.25) is 24.0 Å². The smallest absolute Gasteiger partial charge is 0.394 e. The molecule has 1 saturated heterocycles. The first-order valence-electron chi connectivity index (χ1n) is 7.15. The van der Waals surface area contributed by atoms with Gasteiger partial charge in [0.15, 0.2) is 17.9 Å². The molecular weight excluding hydrogens is 429 g/mol. The lowest BCUT2D eigenvalue weighted by Crippen LogP contribution is -2.53. The van der Waals surface area contributed by atoms with E-state index in [0.717, 1.165) is 17.6 Å². The van der Waals surface area contributed by atoms with E-state index in [4.69, 9.17) is 32.8 Å². The first kappa shape index (κ1) is 22.6. The highest BCUT2D eigenvalue weighted by atomic mass is 32.3. The number of ether oxygens (including phenoxy) is 1. The Morgan fingerprint density at radius 1 is 1.29 bits per heavy atom. The van der Waals surface area contributed by atoms with Crippen LogP contribution in [0.3, 0.4) is 0 Å². The summed E-state index contributed by atoms with van der Waals surface area (Å²) in [5.41, 5.74) is 0. The number of aliphatic hydroxyl groups is 3. The van der Waals surface area contributed by atoms with Crippen molar-refractivity contribution in [3.05, 3.63) is 0 Å². The van der Waals surface area contributed by atoms with Gasteiger partial charge in [0.2, 0.25) is 0 Å². The molecule has 0 radical (unpaired) electrons. The van der Waals surface area contributed by atoms with E-state index in [0.29, 0.717) is 0 Å². The highest BCUT2D eigenvalue weighted by molar-refractivity contribution is 7.79. The number of hydrogen-bond donors (Lipinski definition) is 8. The molecule has 5 atom stereocenters. The lowest BCUT2D eigenvalue weighted by molar-refractivity contribution is -0.0510. The van der Waals surface area contributed by atoms with Gasteiger partial charge in [0, 0.05) is 0 Å². The Morgan fingerprint density at radius 2 is 1.86 bits per heavy atom. The fourth-order valence-electron chi connectivity index (χ4n) is 2.63. The number of rotatable bonds is 3. The van der Waals surface area contributed by atoms with Gasteiger partial charge >= 0.3 is 18.0 Å². The Kier molecular flexibility index (Phi) is 6.17. The molecule has 3 aliphatic rings. The molecule has 158 valence electrons. The maximum atomic E-state index is 11.9. The van der Waals surface area contributed by atoms with Crippen molar-refractivity contribution in [1.82, 2.24) is 4.90 Å². The van der Waals surface area contributed by atoms with Gasteiger partial charge in [-0.1, -0.05) is 0 Å². The number of aliphatic imine (C=N–C) groups is 3. The number of hydrogen-bond acceptors (Lipinski definition) is 11. The van der Waals surface area contributed by atoms with E-state index >= 15 is 0 Å². The fraction of sp³-hybridized carbons (Fsp3) is 0.600. The maximum Gasteiger partial charge on any atom is 0.394 e. The normalized spacial score (nSPS) is 34.8. The summed E-state index contributed by atoms with van der Waals surface area (Å²) < 4.78 is 48.8. The van der Waals surface area contributed by atoms with Gasteiger partial charge in [0.25, 0.3) is 5.28 Å². The quantitative estimate of drug-likeness (QED) is 0.155. The van der Waals surface area contributed by atoms with Crippen molar-refractivity contribution in [1.29, 1.82) is 5.41 Å². The third-order valence-electron chi connectivity index (χ3n) is 3.84. The Bertz CT molecular complexity index is 876. The molecule has 0 amide bonds. The van der Waals surface area contributed by atoms with E-state index in [2.05, 4.69) is 15.0 Å². The van der Waals surface area contributed by atoms with Gasteiger partial charge < -0.3 is 29.8 Å². The van der Waals surface area contributed by atoms with Crippen molar-refractivity contribution >= 4 is 42.3 Å². The van der Waals surface area contributed by atoms with Crippen LogP contribution in [-0.2, 0) is 19.7 Å². The largest absolute Gasteiger partial charge is 0.394 e. The first-order valence-corrected chi connectivity index (χ1v) is 10.2. The van der Waals surface area contributed by atoms with E-state index in [9.17, 15) is 24.6 Å². The third kappa shape index (κ3) is 4.03. The standard InChI is InChI=1S/C10H14N5O7P.H2O4S/c11-8-10(23(19,20)21)9(13-2-12-8)15(3-14-10)7-6(18)5(17)4(1-16)22-7;1-5(2,3)4/h2-7,11,16-18H,1H2,(H2,19,20,21);(H2,1,2,3,4)/t4-,5-,6-,7-,10?;/m1./s1. The van der Waals surface area contributed by atoms with Gasteiger partial charge in [-0.25, -0.2) is 15.0 Å². The molecule has 0 aromatic rings. The number of aliphatic hydroxyl groups excluding tert-OH is 3. The molecule has 1 unspecified atom stereocenters. The average Bonchev–Trinajstić information content (AvgIpc) is 3.06. The van der Waals surface area contributed by atoms with E-state index in [-0.39, 0.29) is 5.84 Å². The first-order chi connectivity index (χ1) is 12.7. The summed E-state index contributed by atoms with van der Waals surface area (Å²) in [6.45, 7) is -0.562. The monoisotopic (exact) mass is 445 g/mol. The van der Waals surface area contributed by atoms with Crippen LogP contribution in [0.4, 0.5) is 0 Å². The molecule has 1 fully saturated rings. The van der Waals surface area contributed by atoms with E-state index < -0.39 is 60.3 Å². The zero-order valence-electron chi connectivity index (χ0n) is 13.6. The van der Waals surface area contributed by atoms with Gasteiger partial charge in [-0.05, 0) is 0 Å². The molecule has 3 rings (SSSR count). The van der Waals surface area contributed by atoms with Crippen LogP contribution in [0, 0.1) is 5.41 Å². The SMILES string of the molecule is N=C1N=CN=C2N([C@@H]3O[C@H](CO)[C@@H](O)[C@H]3O)C=NC12P(=O)(O)O.O=S(=O)(O)O. The Hall–Kier alpha value is -1.66. The van der Waals surface area contributed by atoms with Gasteiger partial charge in [-0.15, -0.1) is 0 Å². The van der Waals surface area contributed by atoms with Crippen molar-refractivity contribution in [2.24, 2.45) is 15.0 Å². The second-order valence-corrected chi connectivity index (χ2v) is 8.22. The molecule has 0 saturated carbocycles. The molecular formula is C10H16N5O11PS. The molecule has 0 spiro atoms. The predicted molar refractivity (Wildman–Crippen MR) is 90.7 cm³/mol. The average molecular weight is 445 g/mol. The van der Waals surface area contributed by atoms with Crippen LogP contribution in [0.1, 0.15) is 0 Å². The molecule has 3 heterocycles. The molecule has 18 heteroatoms. The van der Waals surface area contributed by atoms with Crippen LogP contribution in [0.15, 0.2) is 15.0 Å². The summed E-state index contributed by atoms with van der Waals surface area (Å²) in [4.78, 5) is 31.3. The Balaban J connectivity index is 0.000000500. The molecule has 28 heavy (non-hydrogen) atoms. The number of amidine groups is 2. The molecule has 0 aliphatic carbocycles. The predicted octanol–water partition coefficient (Wildman–Crippen LogP) is -3.59. The molecule has 8 N–H and O–H groups in total. The second kappa shape index (κ2) is 7.64. The molecule has 0 aromatic heterocycles. The van der Waals surface area contributed by atoms with Crippen molar-refractivity contribution in [2.45, 2.75) is 29.8 Å². The van der Waals surface area contributed by atoms with Crippen LogP contribution >= 0.6 is 7.60 Å². The lowest BCUT2D eigenvalue weighted by atomic mass is 10.1. The lowest BCUT2D eigenvalue weighted by Gasteiger charge is -2.33. The summed E-state index contributed by atoms with van der Waals surface area (Å²) in [5, 5.41) is 34.3. The number of fused-ring (bicyclic) bond motifs is 1. The third-order valence-corrected chi connectivity index (χ3v) is 5.21. The minimum atomic E-state index is -5.01. The van der Waals surface area contributed by atoms with Gasteiger partial charge in [0.1, 0.15) is 24.7 Å². The van der Waals surface area contributed by atoms with E-state index in [1.165, 1.54) is 0 Å². The maximum absolute atomic E-state index is 11.9. The second-order valence-electron chi connectivity index (χ2n) is 5.59. The molecule has 3 aliphatic heterocycles. The topological polar surface area (TPSA) is 266 Å². The van der Waals surface area contributed by atoms with E-state index in [1.807, 2.05) is 0 Å². The van der Waals surface area contributed by atoms with E-state index in [1.54, 1.807) is 0 Å². The minimum Gasteiger partial charge on any atom is -0.394 e. The van der Waals surface area contributed by atoms with Crippen molar-refractivity contribution in [3.63, 3.8) is 0 Å². The summed E-state index contributed by atoms with van der Waals surface area (Å²) >= 11 is 0. The van der Waals surface area contributed by atoms with Crippen molar-refractivity contribution in [3.8, 4) is 0 Å². The van der Waals surface area contributed by atoms with Crippen LogP contribution in [0.2, 0.25) is 0 Å². The highest BCUT2D eigenvalue weighted by Crippen LogP contribution is 2.56. The van der Waals surface area contributed by atoms with Crippen LogP contribution in [0.5, 0.6) is 0 Å². The zero-order valence-corrected chi connectivity index (χ0v) is 15.3. The van der Waals surface area contributed by atoms with Gasteiger partial charge in [-0.2, -0.15) is 8.42 Å². The Morgan fingerprint density at radius 3 is 2.32 bits per heavy atom. The van der Waals surface area contributed by atoms with Crippen molar-refractivity contribution in [2.75, 3.05) is 6.61 Å². The van der Waals surface area contributed by atoms with Crippen LogP contribution < -0.4 is 0 Å². The van der Waals surface area contributed by atoms with Gasteiger partial charge in [0.05, 0.1) is 12.9 Å². The summed E-state index contributed by atoms with van der Waals surface area (Å²) in [5.74, 6) is -1.05. The van der Waals surface area contributed by atoms with Crippen molar-refractivity contribution < 1.29 is 51.9 Å². The Labute approximate surface area is 156 Å². The molecule has 0 bridgehead atoms. The number of nitrogens with one attached hydrogen (secondary N) is 1. The molecule has 0 aromatic carbocycles. The highest BCUT2D eigenvalue weighted by Gasteiger charge is 2.63. The summed E-state index contributed by atoms with van der Waals surface area (Å²) in [6.07, 6.45) is -3.36. The minimum absolute atomic E-state index is 0.347. The molecule has 16 nitrogen and oxygen atoms in total. The van der Waals surface area contributed by atoms with Crippen LogP contribution in [0.25, 0.3) is 0 Å². The summed E-state index contributed by atoms with van der Waals surface area (Å²) in [7, 11) is -9.68. The fourth-order valence-corrected chi connectivity index (χ4v) is 3.60. The number of nitrogens with zero attached hydrogens (tertiary/aromatic N) is 4.